The quantitative estimate of drug-likeness (QED) is 0.416. The fourth-order valence-corrected chi connectivity index (χ4v) is 1.79. The van der Waals surface area contributed by atoms with E-state index >= 15 is 0 Å². The molecular formula is C4H3FN4O6S. The van der Waals surface area contributed by atoms with Gasteiger partial charge in [-0.25, -0.2) is 0 Å². The Kier molecular flexibility index (Phi) is 2.60. The van der Waals surface area contributed by atoms with Crippen LogP contribution in [0.25, 0.3) is 0 Å². The molecule has 16 heavy (non-hydrogen) atoms. The lowest BCUT2D eigenvalue weighted by Gasteiger charge is -1.90. The predicted molar refractivity (Wildman–Crippen MR) is 44.8 cm³/mol. The minimum absolute atomic E-state index is 0.228. The lowest BCUT2D eigenvalue weighted by atomic mass is 10.5. The number of hydrogen-bond acceptors (Lipinski definition) is 7. The van der Waals surface area contributed by atoms with Crippen LogP contribution in [0.5, 0.6) is 0 Å². The average molecular weight is 254 g/mol. The third kappa shape index (κ3) is 1.81. The first-order valence-corrected chi connectivity index (χ1v) is 4.85. The van der Waals surface area contributed by atoms with Gasteiger partial charge in [0.15, 0.2) is 0 Å². The molecule has 88 valence electrons. The largest absolute Gasteiger partial charge is 0.469 e. The maximum Gasteiger partial charge on any atom is 0.469 e. The summed E-state index contributed by atoms with van der Waals surface area (Å²) < 4.78 is 34.0. The molecule has 0 N–H and O–H groups in total. The summed E-state index contributed by atoms with van der Waals surface area (Å²) in [5, 5.41) is 22.3. The van der Waals surface area contributed by atoms with E-state index in [-0.39, 0.29) is 4.68 Å². The molecule has 1 heterocycles. The maximum absolute atomic E-state index is 12.7. The van der Waals surface area contributed by atoms with E-state index in [0.29, 0.717) is 0 Å². The summed E-state index contributed by atoms with van der Waals surface area (Å²) in [5.41, 5.74) is -1.49. The summed E-state index contributed by atoms with van der Waals surface area (Å²) in [4.78, 5) is 18.1. The van der Waals surface area contributed by atoms with Crippen LogP contribution in [0.2, 0.25) is 0 Å². The van der Waals surface area contributed by atoms with Crippen LogP contribution in [-0.4, -0.2) is 28.0 Å². The molecule has 0 aliphatic heterocycles. The Bertz CT molecular complexity index is 576. The Labute approximate surface area is 86.8 Å². The van der Waals surface area contributed by atoms with E-state index in [1.165, 1.54) is 0 Å². The van der Waals surface area contributed by atoms with Gasteiger partial charge in [-0.15, -0.1) is 0 Å². The Hall–Kier alpha value is -2.11. The van der Waals surface area contributed by atoms with Crippen LogP contribution in [0.3, 0.4) is 0 Å². The lowest BCUT2D eigenvalue weighted by molar-refractivity contribution is -0.426. The van der Waals surface area contributed by atoms with Crippen LogP contribution < -0.4 is 0 Å². The molecule has 0 spiro atoms. The Morgan fingerprint density at radius 2 is 1.81 bits per heavy atom. The number of aromatic nitrogens is 2. The van der Waals surface area contributed by atoms with Crippen LogP contribution in [0, 0.1) is 20.2 Å². The van der Waals surface area contributed by atoms with Crippen LogP contribution in [0.4, 0.5) is 15.4 Å². The first kappa shape index (κ1) is 12.0. The molecule has 1 aromatic heterocycles. The van der Waals surface area contributed by atoms with Crippen molar-refractivity contribution in [1.29, 1.82) is 0 Å². The molecule has 0 aliphatic rings. The molecule has 0 unspecified atom stereocenters. The average Bonchev–Trinajstić information content (AvgIpc) is 2.41. The molecule has 12 heteroatoms. The number of rotatable bonds is 3. The maximum atomic E-state index is 12.7. The van der Waals surface area contributed by atoms with E-state index in [1.54, 1.807) is 0 Å². The summed E-state index contributed by atoms with van der Waals surface area (Å²) in [6.45, 7) is 0. The Morgan fingerprint density at radius 1 is 1.31 bits per heavy atom. The van der Waals surface area contributed by atoms with Gasteiger partial charge in [-0.05, 0) is 4.92 Å². The smallest absolute Gasteiger partial charge is 0.358 e. The van der Waals surface area contributed by atoms with Gasteiger partial charge in [0, 0.05) is 0 Å². The zero-order chi connectivity index (χ0) is 12.7. The van der Waals surface area contributed by atoms with E-state index in [2.05, 4.69) is 5.10 Å². The molecule has 0 atom stereocenters. The van der Waals surface area contributed by atoms with Crippen molar-refractivity contribution in [3.8, 4) is 0 Å². The van der Waals surface area contributed by atoms with Crippen molar-refractivity contribution in [3.05, 3.63) is 20.2 Å². The van der Waals surface area contributed by atoms with E-state index in [0.717, 1.165) is 7.05 Å². The van der Waals surface area contributed by atoms with Gasteiger partial charge in [0.25, 0.3) is 5.03 Å². The van der Waals surface area contributed by atoms with Gasteiger partial charge in [-0.3, -0.25) is 10.1 Å². The standard InChI is InChI=1S/C4H3FN4O6S/c1-7-4(16(5,14)15)2(8(10)11)3(6-7)9(12)13/h1H3. The van der Waals surface area contributed by atoms with Gasteiger partial charge in [0.1, 0.15) is 0 Å². The van der Waals surface area contributed by atoms with Crippen LogP contribution >= 0.6 is 0 Å². The molecule has 0 saturated heterocycles. The lowest BCUT2D eigenvalue weighted by Crippen LogP contribution is -2.04. The normalized spacial score (nSPS) is 11.4. The number of hydrogen-bond donors (Lipinski definition) is 0. The van der Waals surface area contributed by atoms with Gasteiger partial charge in [-0.1, -0.05) is 3.89 Å². The van der Waals surface area contributed by atoms with Gasteiger partial charge >= 0.3 is 21.7 Å². The molecular weight excluding hydrogens is 251 g/mol. The predicted octanol–water partition coefficient (Wildman–Crippen LogP) is -0.105. The van der Waals surface area contributed by atoms with Gasteiger partial charge in [0.2, 0.25) is 0 Å². The minimum atomic E-state index is -5.47. The number of nitrogens with zero attached hydrogens (tertiary/aromatic N) is 4. The number of nitro groups is 2. The van der Waals surface area contributed by atoms with Gasteiger partial charge in [-0.2, -0.15) is 13.1 Å². The van der Waals surface area contributed by atoms with Crippen molar-refractivity contribution in [2.75, 3.05) is 0 Å². The summed E-state index contributed by atoms with van der Waals surface area (Å²) in [5.74, 6) is -1.33. The summed E-state index contributed by atoms with van der Waals surface area (Å²) in [7, 11) is -4.63. The van der Waals surface area contributed by atoms with Crippen molar-refractivity contribution in [3.63, 3.8) is 0 Å². The summed E-state index contributed by atoms with van der Waals surface area (Å²) in [6, 6.07) is 0. The SMILES string of the molecule is Cn1nc([N+](=O)[O-])c([N+](=O)[O-])c1S(=O)(=O)F. The van der Waals surface area contributed by atoms with Crippen molar-refractivity contribution in [2.24, 2.45) is 7.05 Å². The van der Waals surface area contributed by atoms with Crippen LogP contribution in [-0.2, 0) is 17.3 Å². The second kappa shape index (κ2) is 3.48. The second-order valence-corrected chi connectivity index (χ2v) is 3.82. The highest BCUT2D eigenvalue weighted by Gasteiger charge is 2.43. The highest BCUT2D eigenvalue weighted by atomic mass is 32.3. The molecule has 0 radical (unpaired) electrons. The third-order valence-electron chi connectivity index (χ3n) is 1.54. The topological polar surface area (TPSA) is 138 Å². The fourth-order valence-electron chi connectivity index (χ4n) is 1.04. The monoisotopic (exact) mass is 254 g/mol. The molecule has 1 rings (SSSR count). The van der Waals surface area contributed by atoms with Crippen molar-refractivity contribution >= 4 is 21.7 Å². The molecule has 0 bridgehead atoms. The van der Waals surface area contributed by atoms with Crippen LogP contribution in [0.15, 0.2) is 5.03 Å². The summed E-state index contributed by atoms with van der Waals surface area (Å²) >= 11 is 0. The summed E-state index contributed by atoms with van der Waals surface area (Å²) in [6.07, 6.45) is 0. The first-order valence-electron chi connectivity index (χ1n) is 3.46. The molecule has 0 amide bonds. The highest BCUT2D eigenvalue weighted by molar-refractivity contribution is 7.86. The molecule has 10 nitrogen and oxygen atoms in total. The second-order valence-electron chi connectivity index (χ2n) is 2.55. The zero-order valence-corrected chi connectivity index (χ0v) is 8.34. The molecule has 0 aromatic carbocycles. The zero-order valence-electron chi connectivity index (χ0n) is 7.52. The molecule has 1 aromatic rings. The third-order valence-corrected chi connectivity index (χ3v) is 2.46. The van der Waals surface area contributed by atoms with E-state index in [9.17, 15) is 32.5 Å². The van der Waals surface area contributed by atoms with Crippen molar-refractivity contribution < 1.29 is 22.2 Å². The highest BCUT2D eigenvalue weighted by Crippen LogP contribution is 2.33. The number of halogens is 1. The van der Waals surface area contributed by atoms with E-state index < -0.39 is 36.6 Å². The van der Waals surface area contributed by atoms with Crippen molar-refractivity contribution in [2.45, 2.75) is 5.03 Å². The van der Waals surface area contributed by atoms with Gasteiger partial charge < -0.3 is 10.1 Å². The first-order chi connectivity index (χ1) is 7.16. The van der Waals surface area contributed by atoms with Gasteiger partial charge in [0.05, 0.1) is 17.1 Å². The molecule has 0 fully saturated rings. The number of aryl methyl sites for hydroxylation is 1. The van der Waals surface area contributed by atoms with E-state index in [1.807, 2.05) is 0 Å². The molecule has 0 aliphatic carbocycles. The molecule has 0 saturated carbocycles. The van der Waals surface area contributed by atoms with E-state index in [4.69, 9.17) is 0 Å². The van der Waals surface area contributed by atoms with Crippen molar-refractivity contribution in [1.82, 2.24) is 9.78 Å². The van der Waals surface area contributed by atoms with Crippen LogP contribution in [0.1, 0.15) is 0 Å². The Morgan fingerprint density at radius 3 is 2.12 bits per heavy atom. The Balaban J connectivity index is 3.75. The fraction of sp³-hybridized carbons (Fsp3) is 0.250. The minimum Gasteiger partial charge on any atom is -0.358 e.